The maximum Gasteiger partial charge on any atom is 0.417 e. The van der Waals surface area contributed by atoms with Crippen LogP contribution in [0.3, 0.4) is 0 Å². The van der Waals surface area contributed by atoms with E-state index >= 15 is 0 Å². The molecule has 19 heavy (non-hydrogen) atoms. The Kier molecular flexibility index (Phi) is 3.87. The summed E-state index contributed by atoms with van der Waals surface area (Å²) >= 11 is 0. The Morgan fingerprint density at radius 3 is 1.79 bits per heavy atom. The highest BCUT2D eigenvalue weighted by Crippen LogP contribution is 2.45. The predicted octanol–water partition coefficient (Wildman–Crippen LogP) is 4.47. The van der Waals surface area contributed by atoms with Crippen molar-refractivity contribution in [3.05, 3.63) is 34.4 Å². The van der Waals surface area contributed by atoms with Crippen molar-refractivity contribution in [3.8, 4) is 0 Å². The number of carbonyl (C=O) groups excluding carboxylic acids is 1. The molecular formula is C10H4F8O. The fourth-order valence-electron chi connectivity index (χ4n) is 1.52. The van der Waals surface area contributed by atoms with E-state index in [4.69, 9.17) is 0 Å². The molecule has 0 radical (unpaired) electrons. The van der Waals surface area contributed by atoms with Gasteiger partial charge in [0.25, 0.3) is 6.43 Å². The van der Waals surface area contributed by atoms with Gasteiger partial charge in [0.05, 0.1) is 11.1 Å². The number of rotatable bonds is 2. The summed E-state index contributed by atoms with van der Waals surface area (Å²) in [5.74, 6) is 0. The second-order valence-corrected chi connectivity index (χ2v) is 3.41. The molecule has 0 aliphatic heterocycles. The zero-order valence-electron chi connectivity index (χ0n) is 8.74. The summed E-state index contributed by atoms with van der Waals surface area (Å²) in [5, 5.41) is 0. The molecule has 1 rings (SSSR count). The molecule has 0 aromatic heterocycles. The first-order chi connectivity index (χ1) is 8.50. The van der Waals surface area contributed by atoms with Crippen LogP contribution in [0.2, 0.25) is 0 Å². The Bertz CT molecular complexity index is 486. The molecular weight excluding hydrogens is 288 g/mol. The summed E-state index contributed by atoms with van der Waals surface area (Å²) in [7, 11) is 0. The number of hydrogen-bond donors (Lipinski definition) is 0. The number of carbonyl (C=O) groups is 1. The lowest BCUT2D eigenvalue weighted by atomic mass is 9.95. The fraction of sp³-hybridized carbons (Fsp3) is 0.300. The largest absolute Gasteiger partial charge is 0.417 e. The van der Waals surface area contributed by atoms with E-state index in [1.165, 1.54) is 0 Å². The van der Waals surface area contributed by atoms with Gasteiger partial charge in [0, 0.05) is 11.1 Å². The van der Waals surface area contributed by atoms with Crippen LogP contribution >= 0.6 is 0 Å². The second kappa shape index (κ2) is 4.78. The highest BCUT2D eigenvalue weighted by atomic mass is 19.4. The average molecular weight is 292 g/mol. The summed E-state index contributed by atoms with van der Waals surface area (Å²) in [4.78, 5) is 10.4. The number of hydrogen-bond acceptors (Lipinski definition) is 1. The third-order valence-corrected chi connectivity index (χ3v) is 2.21. The van der Waals surface area contributed by atoms with Crippen LogP contribution in [0.4, 0.5) is 35.1 Å². The van der Waals surface area contributed by atoms with Gasteiger partial charge in [0.1, 0.15) is 0 Å². The standard InChI is InChI=1S/C10H4F8O/c11-8(12)6-4(3-19)1-2-5(9(13,14)15)7(6)10(16,17)18/h1-3,8H. The smallest absolute Gasteiger partial charge is 0.298 e. The first kappa shape index (κ1) is 15.4. The maximum atomic E-state index is 12.6. The van der Waals surface area contributed by atoms with Crippen molar-refractivity contribution in [3.63, 3.8) is 0 Å². The minimum Gasteiger partial charge on any atom is -0.298 e. The molecule has 0 amide bonds. The van der Waals surface area contributed by atoms with Gasteiger partial charge in [0.2, 0.25) is 0 Å². The van der Waals surface area contributed by atoms with Crippen LogP contribution in [0.25, 0.3) is 0 Å². The molecule has 1 aromatic rings. The Morgan fingerprint density at radius 1 is 0.947 bits per heavy atom. The monoisotopic (exact) mass is 292 g/mol. The van der Waals surface area contributed by atoms with Crippen LogP contribution in [0, 0.1) is 0 Å². The van der Waals surface area contributed by atoms with Crippen molar-refractivity contribution in [2.75, 3.05) is 0 Å². The van der Waals surface area contributed by atoms with Crippen molar-refractivity contribution in [2.24, 2.45) is 0 Å². The Balaban J connectivity index is 3.80. The molecule has 0 fully saturated rings. The minimum atomic E-state index is -5.66. The third-order valence-electron chi connectivity index (χ3n) is 2.21. The molecule has 0 saturated carbocycles. The van der Waals surface area contributed by atoms with E-state index in [2.05, 4.69) is 0 Å². The lowest BCUT2D eigenvalue weighted by Crippen LogP contribution is -2.20. The van der Waals surface area contributed by atoms with E-state index in [1.807, 2.05) is 0 Å². The molecule has 0 aliphatic rings. The highest BCUT2D eigenvalue weighted by Gasteiger charge is 2.46. The van der Waals surface area contributed by atoms with Crippen molar-refractivity contribution in [1.82, 2.24) is 0 Å². The normalized spacial score (nSPS) is 12.9. The fourth-order valence-corrected chi connectivity index (χ4v) is 1.52. The maximum absolute atomic E-state index is 12.6. The van der Waals surface area contributed by atoms with Gasteiger partial charge in [-0.05, 0) is 6.07 Å². The van der Waals surface area contributed by atoms with Gasteiger partial charge in [0.15, 0.2) is 6.29 Å². The molecule has 0 spiro atoms. The van der Waals surface area contributed by atoms with E-state index < -0.39 is 41.0 Å². The molecule has 1 aromatic carbocycles. The first-order valence-corrected chi connectivity index (χ1v) is 4.54. The summed E-state index contributed by atoms with van der Waals surface area (Å²) < 4.78 is 100. The molecule has 0 atom stereocenters. The van der Waals surface area contributed by atoms with Gasteiger partial charge in [-0.1, -0.05) is 6.07 Å². The zero-order chi connectivity index (χ0) is 15.0. The molecule has 0 aliphatic carbocycles. The second-order valence-electron chi connectivity index (χ2n) is 3.41. The molecule has 9 heteroatoms. The van der Waals surface area contributed by atoms with Crippen molar-refractivity contribution >= 4 is 6.29 Å². The van der Waals surface area contributed by atoms with E-state index in [1.54, 1.807) is 0 Å². The average Bonchev–Trinajstić information content (AvgIpc) is 2.24. The van der Waals surface area contributed by atoms with E-state index in [0.29, 0.717) is 0 Å². The van der Waals surface area contributed by atoms with Crippen molar-refractivity contribution in [2.45, 2.75) is 18.8 Å². The Labute approximate surface area is 100 Å². The van der Waals surface area contributed by atoms with E-state index in [9.17, 15) is 39.9 Å². The molecule has 0 heterocycles. The van der Waals surface area contributed by atoms with Gasteiger partial charge >= 0.3 is 12.4 Å². The van der Waals surface area contributed by atoms with Gasteiger partial charge in [-0.2, -0.15) is 26.3 Å². The summed E-state index contributed by atoms with van der Waals surface area (Å²) in [5.41, 5.74) is -7.87. The topological polar surface area (TPSA) is 17.1 Å². The molecule has 0 saturated heterocycles. The molecule has 1 nitrogen and oxygen atoms in total. The van der Waals surface area contributed by atoms with Crippen LogP contribution in [-0.4, -0.2) is 6.29 Å². The van der Waals surface area contributed by atoms with E-state index in [-0.39, 0.29) is 18.4 Å². The molecule has 0 bridgehead atoms. The number of aldehydes is 1. The lowest BCUT2D eigenvalue weighted by Gasteiger charge is -2.20. The zero-order valence-corrected chi connectivity index (χ0v) is 8.74. The first-order valence-electron chi connectivity index (χ1n) is 4.54. The van der Waals surface area contributed by atoms with Gasteiger partial charge in [-0.3, -0.25) is 4.79 Å². The van der Waals surface area contributed by atoms with Crippen LogP contribution in [0.1, 0.15) is 33.5 Å². The number of halogens is 8. The number of alkyl halides is 8. The highest BCUT2D eigenvalue weighted by molar-refractivity contribution is 5.79. The van der Waals surface area contributed by atoms with Crippen LogP contribution < -0.4 is 0 Å². The summed E-state index contributed by atoms with van der Waals surface area (Å²) in [6.07, 6.45) is -15.3. The van der Waals surface area contributed by atoms with Crippen molar-refractivity contribution < 1.29 is 39.9 Å². The predicted molar refractivity (Wildman–Crippen MR) is 46.8 cm³/mol. The SMILES string of the molecule is O=Cc1ccc(C(F)(F)F)c(C(F)(F)F)c1C(F)F. The molecule has 0 unspecified atom stereocenters. The van der Waals surface area contributed by atoms with Crippen LogP contribution in [0.5, 0.6) is 0 Å². The summed E-state index contributed by atoms with van der Waals surface area (Å²) in [6.45, 7) is 0. The quantitative estimate of drug-likeness (QED) is 0.580. The number of benzene rings is 1. The van der Waals surface area contributed by atoms with Crippen LogP contribution in [0.15, 0.2) is 12.1 Å². The Morgan fingerprint density at radius 2 is 1.47 bits per heavy atom. The summed E-state index contributed by atoms with van der Waals surface area (Å²) in [6, 6.07) is 0.241. The van der Waals surface area contributed by atoms with Crippen molar-refractivity contribution in [1.29, 1.82) is 0 Å². The third kappa shape index (κ3) is 3.02. The van der Waals surface area contributed by atoms with Gasteiger partial charge < -0.3 is 0 Å². The van der Waals surface area contributed by atoms with Gasteiger partial charge in [-0.25, -0.2) is 8.78 Å². The molecule has 0 N–H and O–H groups in total. The minimum absolute atomic E-state index is 0.0432. The lowest BCUT2D eigenvalue weighted by molar-refractivity contribution is -0.163. The Hall–Kier alpha value is -1.67. The van der Waals surface area contributed by atoms with Crippen LogP contribution in [-0.2, 0) is 12.4 Å². The van der Waals surface area contributed by atoms with Gasteiger partial charge in [-0.15, -0.1) is 0 Å². The molecule has 106 valence electrons. The van der Waals surface area contributed by atoms with E-state index in [0.717, 1.165) is 0 Å².